The van der Waals surface area contributed by atoms with Crippen LogP contribution in [-0.2, 0) is 14.2 Å². The van der Waals surface area contributed by atoms with E-state index in [1.165, 1.54) is 0 Å². The molecule has 5 nitrogen and oxygen atoms in total. The maximum Gasteiger partial charge on any atom is 0.170 e. The van der Waals surface area contributed by atoms with Crippen LogP contribution in [-0.4, -0.2) is 68.8 Å². The third kappa shape index (κ3) is 3.42. The van der Waals surface area contributed by atoms with Gasteiger partial charge in [0.05, 0.1) is 19.3 Å². The van der Waals surface area contributed by atoms with Gasteiger partial charge in [0.15, 0.2) is 5.79 Å². The van der Waals surface area contributed by atoms with E-state index in [2.05, 4.69) is 17.1 Å². The molecule has 2 heterocycles. The van der Waals surface area contributed by atoms with Crippen molar-refractivity contribution in [2.45, 2.75) is 63.0 Å². The molecule has 1 spiro atoms. The van der Waals surface area contributed by atoms with Crippen LogP contribution in [0.4, 0.5) is 0 Å². The van der Waals surface area contributed by atoms with E-state index in [1.54, 1.807) is 0 Å². The number of rotatable bonds is 4. The Balaban J connectivity index is 1.65. The van der Waals surface area contributed by atoms with Gasteiger partial charge in [0, 0.05) is 45.1 Å². The Morgan fingerprint density at radius 3 is 2.52 bits per heavy atom. The second-order valence-corrected chi connectivity index (χ2v) is 6.55. The molecule has 2 atom stereocenters. The molecule has 1 N–H and O–H groups in total. The van der Waals surface area contributed by atoms with Crippen molar-refractivity contribution in [2.24, 2.45) is 0 Å². The van der Waals surface area contributed by atoms with E-state index in [0.717, 1.165) is 65.0 Å². The van der Waals surface area contributed by atoms with Crippen LogP contribution in [0.25, 0.3) is 0 Å². The lowest BCUT2D eigenvalue weighted by Crippen LogP contribution is -2.59. The number of hydrogen-bond donors (Lipinski definition) is 1. The molecule has 0 aromatic heterocycles. The van der Waals surface area contributed by atoms with E-state index < -0.39 is 0 Å². The first-order valence-electron chi connectivity index (χ1n) is 8.54. The molecule has 3 fully saturated rings. The van der Waals surface area contributed by atoms with E-state index in [4.69, 9.17) is 14.2 Å². The molecule has 122 valence electrons. The summed E-state index contributed by atoms with van der Waals surface area (Å²) in [5.74, 6) is -0.297. The van der Waals surface area contributed by atoms with Gasteiger partial charge in [0.25, 0.3) is 0 Å². The van der Waals surface area contributed by atoms with Crippen molar-refractivity contribution in [1.82, 2.24) is 10.2 Å². The predicted molar refractivity (Wildman–Crippen MR) is 81.3 cm³/mol. The number of piperidine rings is 1. The number of likely N-dealkylation sites (N-methyl/N-ethyl adjacent to an activating group) is 1. The highest BCUT2D eigenvalue weighted by Gasteiger charge is 2.47. The van der Waals surface area contributed by atoms with Crippen molar-refractivity contribution < 1.29 is 14.2 Å². The molecular formula is C16H30N2O3. The fourth-order valence-corrected chi connectivity index (χ4v) is 4.22. The largest absolute Gasteiger partial charge is 0.381 e. The zero-order valence-electron chi connectivity index (χ0n) is 13.5. The molecule has 1 aliphatic carbocycles. The molecule has 0 aromatic rings. The van der Waals surface area contributed by atoms with Gasteiger partial charge in [-0.3, -0.25) is 4.90 Å². The molecule has 0 bridgehead atoms. The Hall–Kier alpha value is -0.200. The molecule has 2 unspecified atom stereocenters. The molecule has 3 rings (SSSR count). The van der Waals surface area contributed by atoms with Crippen LogP contribution in [0, 0.1) is 0 Å². The first-order chi connectivity index (χ1) is 10.3. The molecular weight excluding hydrogens is 268 g/mol. The van der Waals surface area contributed by atoms with Gasteiger partial charge in [-0.25, -0.2) is 0 Å². The Labute approximate surface area is 128 Å². The van der Waals surface area contributed by atoms with Crippen LogP contribution in [0.3, 0.4) is 0 Å². The number of ether oxygens (including phenoxy) is 3. The summed E-state index contributed by atoms with van der Waals surface area (Å²) in [5.41, 5.74) is 0. The minimum absolute atomic E-state index is 0.297. The highest BCUT2D eigenvalue weighted by molar-refractivity contribution is 4.97. The molecule has 2 saturated heterocycles. The first kappa shape index (κ1) is 15.7. The molecule has 2 aliphatic heterocycles. The Morgan fingerprint density at radius 1 is 1.19 bits per heavy atom. The summed E-state index contributed by atoms with van der Waals surface area (Å²) in [6.45, 7) is 6.99. The summed E-state index contributed by atoms with van der Waals surface area (Å²) >= 11 is 0. The summed E-state index contributed by atoms with van der Waals surface area (Å²) in [6.07, 6.45) is 5.89. The van der Waals surface area contributed by atoms with Crippen molar-refractivity contribution in [3.05, 3.63) is 0 Å². The summed E-state index contributed by atoms with van der Waals surface area (Å²) < 4.78 is 17.4. The normalized spacial score (nSPS) is 34.6. The van der Waals surface area contributed by atoms with E-state index in [0.29, 0.717) is 18.2 Å². The lowest BCUT2D eigenvalue weighted by atomic mass is 9.83. The SMILES string of the molecule is CCNC1CCC2(CC1N1CCC(OC)CC1)OCCO2. The standard InChI is InChI=1S/C16H30N2O3/c1-3-17-14-4-7-16(20-10-11-21-16)12-15(14)18-8-5-13(19-2)6-9-18/h13-15,17H,3-12H2,1-2H3. The van der Waals surface area contributed by atoms with Crippen molar-refractivity contribution in [2.75, 3.05) is 40.0 Å². The lowest BCUT2D eigenvalue weighted by Gasteiger charge is -2.47. The Bertz CT molecular complexity index is 325. The Kier molecular flexibility index (Phi) is 5.17. The van der Waals surface area contributed by atoms with Crippen LogP contribution >= 0.6 is 0 Å². The van der Waals surface area contributed by atoms with E-state index in [9.17, 15) is 0 Å². The van der Waals surface area contributed by atoms with Gasteiger partial charge in [-0.1, -0.05) is 6.92 Å². The number of likely N-dealkylation sites (tertiary alicyclic amines) is 1. The van der Waals surface area contributed by atoms with Crippen LogP contribution in [0.1, 0.15) is 39.0 Å². The van der Waals surface area contributed by atoms with Crippen LogP contribution < -0.4 is 5.32 Å². The van der Waals surface area contributed by atoms with Crippen molar-refractivity contribution in [1.29, 1.82) is 0 Å². The monoisotopic (exact) mass is 298 g/mol. The van der Waals surface area contributed by atoms with Gasteiger partial charge in [0.2, 0.25) is 0 Å². The van der Waals surface area contributed by atoms with Gasteiger partial charge in [-0.05, 0) is 25.8 Å². The zero-order chi connectivity index (χ0) is 14.7. The van der Waals surface area contributed by atoms with Crippen molar-refractivity contribution >= 4 is 0 Å². The molecule has 0 amide bonds. The highest BCUT2D eigenvalue weighted by Crippen LogP contribution is 2.38. The second-order valence-electron chi connectivity index (χ2n) is 6.55. The second kappa shape index (κ2) is 6.92. The first-order valence-corrected chi connectivity index (χ1v) is 8.54. The summed E-state index contributed by atoms with van der Waals surface area (Å²) in [5, 5.41) is 3.68. The van der Waals surface area contributed by atoms with Crippen molar-refractivity contribution in [3.8, 4) is 0 Å². The van der Waals surface area contributed by atoms with Crippen LogP contribution in [0.2, 0.25) is 0 Å². The van der Waals surface area contributed by atoms with Crippen molar-refractivity contribution in [3.63, 3.8) is 0 Å². The fourth-order valence-electron chi connectivity index (χ4n) is 4.22. The third-order valence-electron chi connectivity index (χ3n) is 5.38. The van der Waals surface area contributed by atoms with Gasteiger partial charge < -0.3 is 19.5 Å². The maximum atomic E-state index is 5.97. The smallest absolute Gasteiger partial charge is 0.170 e. The molecule has 5 heteroatoms. The number of methoxy groups -OCH3 is 1. The van der Waals surface area contributed by atoms with E-state index in [1.807, 2.05) is 7.11 Å². The highest BCUT2D eigenvalue weighted by atomic mass is 16.7. The number of hydrogen-bond acceptors (Lipinski definition) is 5. The molecule has 0 radical (unpaired) electrons. The average Bonchev–Trinajstić information content (AvgIpc) is 2.98. The van der Waals surface area contributed by atoms with Gasteiger partial charge in [0.1, 0.15) is 0 Å². The summed E-state index contributed by atoms with van der Waals surface area (Å²) in [7, 11) is 1.83. The van der Waals surface area contributed by atoms with Gasteiger partial charge >= 0.3 is 0 Å². The molecule has 1 saturated carbocycles. The topological polar surface area (TPSA) is 43.0 Å². The predicted octanol–water partition coefficient (Wildman–Crippen LogP) is 1.37. The average molecular weight is 298 g/mol. The molecule has 0 aromatic carbocycles. The quantitative estimate of drug-likeness (QED) is 0.849. The van der Waals surface area contributed by atoms with E-state index in [-0.39, 0.29) is 5.79 Å². The van der Waals surface area contributed by atoms with Gasteiger partial charge in [-0.2, -0.15) is 0 Å². The van der Waals surface area contributed by atoms with Crippen LogP contribution in [0.5, 0.6) is 0 Å². The minimum atomic E-state index is -0.297. The molecule has 21 heavy (non-hydrogen) atoms. The number of nitrogens with zero attached hydrogens (tertiary/aromatic N) is 1. The lowest BCUT2D eigenvalue weighted by molar-refractivity contribution is -0.195. The zero-order valence-corrected chi connectivity index (χ0v) is 13.5. The van der Waals surface area contributed by atoms with Gasteiger partial charge in [-0.15, -0.1) is 0 Å². The van der Waals surface area contributed by atoms with Crippen LogP contribution in [0.15, 0.2) is 0 Å². The molecule has 3 aliphatic rings. The summed E-state index contributed by atoms with van der Waals surface area (Å²) in [4.78, 5) is 2.63. The summed E-state index contributed by atoms with van der Waals surface area (Å²) in [6, 6.07) is 1.09. The fraction of sp³-hybridized carbons (Fsp3) is 1.00. The number of nitrogens with one attached hydrogen (secondary N) is 1. The minimum Gasteiger partial charge on any atom is -0.381 e. The maximum absolute atomic E-state index is 5.97. The Morgan fingerprint density at radius 2 is 1.90 bits per heavy atom. The third-order valence-corrected chi connectivity index (χ3v) is 5.38. The van der Waals surface area contributed by atoms with E-state index >= 15 is 0 Å².